The molecule has 1 aliphatic heterocycles. The number of likely N-dealkylation sites (tertiary alicyclic amines) is 1. The number of nitrogens with one attached hydrogen (secondary N) is 1. The molecule has 1 aliphatic rings. The van der Waals surface area contributed by atoms with Crippen molar-refractivity contribution in [2.45, 2.75) is 18.9 Å². The van der Waals surface area contributed by atoms with Gasteiger partial charge in [-0.15, -0.1) is 11.3 Å². The smallest absolute Gasteiger partial charge is 0.258 e. The van der Waals surface area contributed by atoms with Crippen molar-refractivity contribution in [2.24, 2.45) is 0 Å². The van der Waals surface area contributed by atoms with E-state index >= 15 is 0 Å². The molecule has 1 saturated heterocycles. The third-order valence-corrected chi connectivity index (χ3v) is 5.11. The van der Waals surface area contributed by atoms with Gasteiger partial charge in [0.2, 0.25) is 0 Å². The van der Waals surface area contributed by atoms with Crippen molar-refractivity contribution in [3.63, 3.8) is 0 Å². The van der Waals surface area contributed by atoms with Gasteiger partial charge in [-0.2, -0.15) is 0 Å². The summed E-state index contributed by atoms with van der Waals surface area (Å²) in [5.41, 5.74) is 0. The SMILES string of the molecule is O=C(COc1ccccc1F)NCC(c1cccs1)N1CCCC1. The predicted molar refractivity (Wildman–Crippen MR) is 92.8 cm³/mol. The van der Waals surface area contributed by atoms with Crippen LogP contribution in [-0.2, 0) is 4.79 Å². The van der Waals surface area contributed by atoms with Gasteiger partial charge in [0.25, 0.3) is 5.91 Å². The first-order valence-corrected chi connectivity index (χ1v) is 9.03. The summed E-state index contributed by atoms with van der Waals surface area (Å²) in [7, 11) is 0. The lowest BCUT2D eigenvalue weighted by molar-refractivity contribution is -0.123. The average molecular weight is 348 g/mol. The van der Waals surface area contributed by atoms with Crippen LogP contribution in [0, 0.1) is 5.82 Å². The van der Waals surface area contributed by atoms with Crippen molar-refractivity contribution in [1.29, 1.82) is 0 Å². The normalized spacial score (nSPS) is 16.0. The van der Waals surface area contributed by atoms with Crippen LogP contribution in [0.2, 0.25) is 0 Å². The van der Waals surface area contributed by atoms with E-state index in [4.69, 9.17) is 4.74 Å². The Morgan fingerprint density at radius 2 is 2.04 bits per heavy atom. The number of halogens is 1. The van der Waals surface area contributed by atoms with Crippen molar-refractivity contribution in [1.82, 2.24) is 10.2 Å². The second-order valence-electron chi connectivity index (χ2n) is 5.80. The number of benzene rings is 1. The van der Waals surface area contributed by atoms with E-state index < -0.39 is 5.82 Å². The number of carbonyl (C=O) groups is 1. The number of nitrogens with zero attached hydrogens (tertiary/aromatic N) is 1. The maximum Gasteiger partial charge on any atom is 0.258 e. The summed E-state index contributed by atoms with van der Waals surface area (Å²) in [4.78, 5) is 15.7. The van der Waals surface area contributed by atoms with E-state index in [1.54, 1.807) is 23.5 Å². The van der Waals surface area contributed by atoms with Crippen molar-refractivity contribution in [2.75, 3.05) is 26.2 Å². The van der Waals surface area contributed by atoms with Crippen LogP contribution in [0.25, 0.3) is 0 Å². The Labute approximate surface area is 145 Å². The van der Waals surface area contributed by atoms with Gasteiger partial charge in [-0.3, -0.25) is 9.69 Å². The molecule has 0 bridgehead atoms. The van der Waals surface area contributed by atoms with Crippen molar-refractivity contribution in [3.8, 4) is 5.75 Å². The van der Waals surface area contributed by atoms with E-state index in [0.717, 1.165) is 13.1 Å². The molecule has 2 heterocycles. The summed E-state index contributed by atoms with van der Waals surface area (Å²) in [6.45, 7) is 2.48. The number of hydrogen-bond donors (Lipinski definition) is 1. The molecule has 1 aromatic carbocycles. The lowest BCUT2D eigenvalue weighted by Crippen LogP contribution is -2.38. The molecule has 1 aromatic heterocycles. The standard InChI is InChI=1S/C18H21FN2O2S/c19-14-6-1-2-7-16(14)23-13-18(22)20-12-15(17-8-5-11-24-17)21-9-3-4-10-21/h1-2,5-8,11,15H,3-4,9-10,12-13H2,(H,20,22). The van der Waals surface area contributed by atoms with Gasteiger partial charge in [-0.25, -0.2) is 4.39 Å². The highest BCUT2D eigenvalue weighted by Crippen LogP contribution is 2.27. The zero-order valence-corrected chi connectivity index (χ0v) is 14.2. The molecule has 1 unspecified atom stereocenters. The molecule has 24 heavy (non-hydrogen) atoms. The average Bonchev–Trinajstić information content (AvgIpc) is 3.28. The van der Waals surface area contributed by atoms with E-state index in [1.807, 2.05) is 6.07 Å². The largest absolute Gasteiger partial charge is 0.481 e. The fraction of sp³-hybridized carbons (Fsp3) is 0.389. The van der Waals surface area contributed by atoms with Gasteiger partial charge in [-0.05, 0) is 49.5 Å². The monoisotopic (exact) mass is 348 g/mol. The quantitative estimate of drug-likeness (QED) is 0.835. The Bertz CT molecular complexity index is 657. The molecule has 0 aliphatic carbocycles. The van der Waals surface area contributed by atoms with Gasteiger partial charge in [-0.1, -0.05) is 18.2 Å². The zero-order chi connectivity index (χ0) is 16.8. The molecule has 1 atom stereocenters. The minimum Gasteiger partial charge on any atom is -0.481 e. The Morgan fingerprint density at radius 3 is 2.75 bits per heavy atom. The predicted octanol–water partition coefficient (Wildman–Crippen LogP) is 3.22. The third-order valence-electron chi connectivity index (χ3n) is 4.14. The summed E-state index contributed by atoms with van der Waals surface area (Å²) in [5, 5.41) is 4.97. The lowest BCUT2D eigenvalue weighted by Gasteiger charge is -2.26. The molecule has 0 saturated carbocycles. The molecule has 4 nitrogen and oxygen atoms in total. The van der Waals surface area contributed by atoms with Crippen LogP contribution in [0.1, 0.15) is 23.8 Å². The third kappa shape index (κ3) is 4.33. The first-order chi connectivity index (χ1) is 11.7. The second-order valence-corrected chi connectivity index (χ2v) is 6.78. The van der Waals surface area contributed by atoms with Crippen LogP contribution in [0.15, 0.2) is 41.8 Å². The maximum absolute atomic E-state index is 13.5. The van der Waals surface area contributed by atoms with Gasteiger partial charge >= 0.3 is 0 Å². The number of para-hydroxylation sites is 1. The highest BCUT2D eigenvalue weighted by molar-refractivity contribution is 7.10. The van der Waals surface area contributed by atoms with Crippen molar-refractivity contribution < 1.29 is 13.9 Å². The topological polar surface area (TPSA) is 41.6 Å². The maximum atomic E-state index is 13.5. The molecular weight excluding hydrogens is 327 g/mol. The van der Waals surface area contributed by atoms with E-state index in [1.165, 1.54) is 29.9 Å². The molecule has 0 radical (unpaired) electrons. The first kappa shape index (κ1) is 16.9. The summed E-state index contributed by atoms with van der Waals surface area (Å²) in [6.07, 6.45) is 2.40. The van der Waals surface area contributed by atoms with E-state index in [9.17, 15) is 9.18 Å². The van der Waals surface area contributed by atoms with Crippen LogP contribution in [0.3, 0.4) is 0 Å². The van der Waals surface area contributed by atoms with Gasteiger partial charge in [0, 0.05) is 11.4 Å². The lowest BCUT2D eigenvalue weighted by atomic mass is 10.2. The van der Waals surface area contributed by atoms with Gasteiger partial charge in [0.15, 0.2) is 18.2 Å². The van der Waals surface area contributed by atoms with Crippen LogP contribution < -0.4 is 10.1 Å². The van der Waals surface area contributed by atoms with Crippen molar-refractivity contribution >= 4 is 17.2 Å². The van der Waals surface area contributed by atoms with Crippen LogP contribution in [-0.4, -0.2) is 37.0 Å². The summed E-state index contributed by atoms with van der Waals surface area (Å²) < 4.78 is 18.7. The van der Waals surface area contributed by atoms with Crippen molar-refractivity contribution in [3.05, 3.63) is 52.5 Å². The minimum absolute atomic E-state index is 0.0991. The summed E-state index contributed by atoms with van der Waals surface area (Å²) >= 11 is 1.71. The van der Waals surface area contributed by atoms with E-state index in [2.05, 4.69) is 21.7 Å². The Morgan fingerprint density at radius 1 is 1.25 bits per heavy atom. The molecule has 3 rings (SSSR count). The fourth-order valence-corrected chi connectivity index (χ4v) is 3.77. The zero-order valence-electron chi connectivity index (χ0n) is 13.4. The molecule has 1 amide bonds. The molecule has 0 spiro atoms. The number of carbonyl (C=O) groups excluding carboxylic acids is 1. The number of hydrogen-bond acceptors (Lipinski definition) is 4. The van der Waals surface area contributed by atoms with E-state index in [0.29, 0.717) is 6.54 Å². The number of amides is 1. The van der Waals surface area contributed by atoms with Crippen LogP contribution in [0.4, 0.5) is 4.39 Å². The Hall–Kier alpha value is -1.92. The number of ether oxygens (including phenoxy) is 1. The van der Waals surface area contributed by atoms with Gasteiger partial charge in [0.05, 0.1) is 6.04 Å². The highest BCUT2D eigenvalue weighted by atomic mass is 32.1. The number of rotatable bonds is 7. The molecule has 1 fully saturated rings. The fourth-order valence-electron chi connectivity index (χ4n) is 2.91. The molecule has 128 valence electrons. The molecular formula is C18H21FN2O2S. The molecule has 6 heteroatoms. The molecule has 1 N–H and O–H groups in total. The number of thiophene rings is 1. The van der Waals surface area contributed by atoms with Crippen LogP contribution in [0.5, 0.6) is 5.75 Å². The summed E-state index contributed by atoms with van der Waals surface area (Å²) in [6, 6.07) is 10.4. The second kappa shape index (κ2) is 8.26. The minimum atomic E-state index is -0.459. The molecule has 2 aromatic rings. The summed E-state index contributed by atoms with van der Waals surface area (Å²) in [5.74, 6) is -0.597. The van der Waals surface area contributed by atoms with Gasteiger partial charge in [0.1, 0.15) is 0 Å². The van der Waals surface area contributed by atoms with Gasteiger partial charge < -0.3 is 10.1 Å². The Balaban J connectivity index is 1.52. The Kier molecular flexibility index (Phi) is 5.82. The first-order valence-electron chi connectivity index (χ1n) is 8.15. The highest BCUT2D eigenvalue weighted by Gasteiger charge is 2.24. The van der Waals surface area contributed by atoms with E-state index in [-0.39, 0.29) is 24.3 Å². The van der Waals surface area contributed by atoms with Crippen LogP contribution >= 0.6 is 11.3 Å².